The van der Waals surface area contributed by atoms with E-state index in [-0.39, 0.29) is 16.9 Å². The molecular weight excluding hydrogens is 294 g/mol. The second-order valence-corrected chi connectivity index (χ2v) is 5.29. The van der Waals surface area contributed by atoms with Gasteiger partial charge in [0.2, 0.25) is 11.2 Å². The SMILES string of the molecule is Fc1ccc(F)c(Oc2nc(Cl)nc3c2SCC3)c1. The van der Waals surface area contributed by atoms with Crippen molar-refractivity contribution in [1.29, 1.82) is 0 Å². The van der Waals surface area contributed by atoms with Crippen molar-refractivity contribution < 1.29 is 13.5 Å². The lowest BCUT2D eigenvalue weighted by molar-refractivity contribution is 0.411. The number of hydrogen-bond donors (Lipinski definition) is 0. The molecule has 2 aromatic rings. The minimum Gasteiger partial charge on any atom is -0.435 e. The third-order valence-corrected chi connectivity index (χ3v) is 3.84. The quantitative estimate of drug-likeness (QED) is 0.789. The first-order valence-electron chi connectivity index (χ1n) is 5.45. The van der Waals surface area contributed by atoms with E-state index in [0.717, 1.165) is 41.0 Å². The molecule has 1 aliphatic heterocycles. The van der Waals surface area contributed by atoms with Gasteiger partial charge in [-0.2, -0.15) is 4.98 Å². The highest BCUT2D eigenvalue weighted by Crippen LogP contribution is 2.39. The first kappa shape index (κ1) is 12.6. The van der Waals surface area contributed by atoms with Crippen molar-refractivity contribution in [2.24, 2.45) is 0 Å². The molecule has 0 saturated carbocycles. The number of ether oxygens (including phenoxy) is 1. The van der Waals surface area contributed by atoms with E-state index in [1.54, 1.807) is 0 Å². The number of aromatic nitrogens is 2. The zero-order valence-electron chi connectivity index (χ0n) is 9.49. The smallest absolute Gasteiger partial charge is 0.237 e. The van der Waals surface area contributed by atoms with Crippen LogP contribution in [0.2, 0.25) is 5.28 Å². The van der Waals surface area contributed by atoms with Gasteiger partial charge in [-0.25, -0.2) is 13.8 Å². The molecule has 0 bridgehead atoms. The zero-order chi connectivity index (χ0) is 13.4. The van der Waals surface area contributed by atoms with Gasteiger partial charge in [0.1, 0.15) is 5.82 Å². The van der Waals surface area contributed by atoms with Gasteiger partial charge in [-0.3, -0.25) is 0 Å². The normalized spacial score (nSPS) is 13.4. The van der Waals surface area contributed by atoms with Crippen molar-refractivity contribution in [3.63, 3.8) is 0 Å². The number of hydrogen-bond acceptors (Lipinski definition) is 4. The summed E-state index contributed by atoms with van der Waals surface area (Å²) in [7, 11) is 0. The molecule has 0 amide bonds. The summed E-state index contributed by atoms with van der Waals surface area (Å²) in [5.41, 5.74) is 0.775. The fourth-order valence-corrected chi connectivity index (χ4v) is 2.94. The van der Waals surface area contributed by atoms with Crippen LogP contribution in [-0.4, -0.2) is 15.7 Å². The van der Waals surface area contributed by atoms with Crippen molar-refractivity contribution >= 4 is 23.4 Å². The maximum absolute atomic E-state index is 13.5. The van der Waals surface area contributed by atoms with E-state index >= 15 is 0 Å². The lowest BCUT2D eigenvalue weighted by Crippen LogP contribution is -1.98. The van der Waals surface area contributed by atoms with Gasteiger partial charge in [0.05, 0.1) is 10.6 Å². The molecule has 3 rings (SSSR count). The Balaban J connectivity index is 2.02. The van der Waals surface area contributed by atoms with Crippen LogP contribution in [0.3, 0.4) is 0 Å². The van der Waals surface area contributed by atoms with E-state index in [2.05, 4.69) is 9.97 Å². The molecule has 3 nitrogen and oxygen atoms in total. The molecule has 0 aliphatic carbocycles. The van der Waals surface area contributed by atoms with Crippen molar-refractivity contribution in [3.05, 3.63) is 40.8 Å². The number of halogens is 3. The minimum absolute atomic E-state index is 0.0352. The standard InChI is InChI=1S/C12H7ClF2N2OS/c13-12-16-8-3-4-19-10(8)11(17-12)18-9-5-6(14)1-2-7(9)15/h1-2,5H,3-4H2. The fourth-order valence-electron chi connectivity index (χ4n) is 1.74. The largest absolute Gasteiger partial charge is 0.435 e. The maximum Gasteiger partial charge on any atom is 0.237 e. The van der Waals surface area contributed by atoms with Crippen molar-refractivity contribution in [2.75, 3.05) is 5.75 Å². The highest BCUT2D eigenvalue weighted by molar-refractivity contribution is 7.99. The monoisotopic (exact) mass is 300 g/mol. The van der Waals surface area contributed by atoms with E-state index in [1.165, 1.54) is 11.8 Å². The van der Waals surface area contributed by atoms with E-state index in [9.17, 15) is 8.78 Å². The minimum atomic E-state index is -0.659. The van der Waals surface area contributed by atoms with Gasteiger partial charge in [0.25, 0.3) is 0 Å². The third-order valence-electron chi connectivity index (χ3n) is 2.56. The summed E-state index contributed by atoms with van der Waals surface area (Å²) in [6, 6.07) is 2.99. The molecule has 1 aromatic heterocycles. The van der Waals surface area contributed by atoms with Gasteiger partial charge in [-0.1, -0.05) is 0 Å². The number of benzene rings is 1. The first-order chi connectivity index (χ1) is 9.13. The average molecular weight is 301 g/mol. The molecular formula is C12H7ClF2N2OS. The Morgan fingerprint density at radius 3 is 2.95 bits per heavy atom. The van der Waals surface area contributed by atoms with Crippen LogP contribution in [0.4, 0.5) is 8.78 Å². The molecule has 1 aliphatic rings. The van der Waals surface area contributed by atoms with Crippen LogP contribution in [0.15, 0.2) is 23.1 Å². The molecule has 0 N–H and O–H groups in total. The topological polar surface area (TPSA) is 35.0 Å². The summed E-state index contributed by atoms with van der Waals surface area (Å²) in [6.45, 7) is 0. The number of thioether (sulfide) groups is 1. The van der Waals surface area contributed by atoms with Gasteiger partial charge < -0.3 is 4.74 Å². The molecule has 98 valence electrons. The van der Waals surface area contributed by atoms with Crippen LogP contribution >= 0.6 is 23.4 Å². The Hall–Kier alpha value is -1.40. The molecule has 0 spiro atoms. The van der Waals surface area contributed by atoms with Gasteiger partial charge >= 0.3 is 0 Å². The Morgan fingerprint density at radius 2 is 2.11 bits per heavy atom. The van der Waals surface area contributed by atoms with Crippen LogP contribution in [0, 0.1) is 11.6 Å². The number of nitrogens with zero attached hydrogens (tertiary/aromatic N) is 2. The molecule has 0 unspecified atom stereocenters. The van der Waals surface area contributed by atoms with Crippen LogP contribution in [0.25, 0.3) is 0 Å². The second-order valence-electron chi connectivity index (χ2n) is 3.85. The second kappa shape index (κ2) is 4.94. The van der Waals surface area contributed by atoms with Crippen molar-refractivity contribution in [1.82, 2.24) is 9.97 Å². The fraction of sp³-hybridized carbons (Fsp3) is 0.167. The summed E-state index contributed by atoms with van der Waals surface area (Å²) in [6.07, 6.45) is 0.754. The molecule has 0 fully saturated rings. The summed E-state index contributed by atoms with van der Waals surface area (Å²) < 4.78 is 32.0. The van der Waals surface area contributed by atoms with Crippen LogP contribution in [-0.2, 0) is 6.42 Å². The molecule has 2 heterocycles. The van der Waals surface area contributed by atoms with Crippen molar-refractivity contribution in [3.8, 4) is 11.6 Å². The summed E-state index contributed by atoms with van der Waals surface area (Å²) in [5.74, 6) is -0.452. The van der Waals surface area contributed by atoms with Gasteiger partial charge in [-0.05, 0) is 23.7 Å². The van der Waals surface area contributed by atoms with Crippen LogP contribution in [0.5, 0.6) is 11.6 Å². The number of fused-ring (bicyclic) bond motifs is 1. The molecule has 7 heteroatoms. The van der Waals surface area contributed by atoms with Gasteiger partial charge in [-0.15, -0.1) is 11.8 Å². The van der Waals surface area contributed by atoms with E-state index in [0.29, 0.717) is 0 Å². The summed E-state index contributed by atoms with van der Waals surface area (Å²) in [5, 5.41) is 0.0352. The zero-order valence-corrected chi connectivity index (χ0v) is 11.1. The van der Waals surface area contributed by atoms with E-state index in [4.69, 9.17) is 16.3 Å². The molecule has 0 radical (unpaired) electrons. The number of aryl methyl sites for hydroxylation is 1. The van der Waals surface area contributed by atoms with E-state index < -0.39 is 11.6 Å². The predicted molar refractivity (Wildman–Crippen MR) is 67.9 cm³/mol. The van der Waals surface area contributed by atoms with Crippen molar-refractivity contribution in [2.45, 2.75) is 11.3 Å². The predicted octanol–water partition coefficient (Wildman–Crippen LogP) is 3.85. The van der Waals surface area contributed by atoms with Crippen LogP contribution < -0.4 is 4.74 Å². The average Bonchev–Trinajstić information content (AvgIpc) is 2.82. The van der Waals surface area contributed by atoms with Gasteiger partial charge in [0.15, 0.2) is 11.6 Å². The molecule has 0 atom stereocenters. The lowest BCUT2D eigenvalue weighted by Gasteiger charge is -2.09. The Bertz CT molecular complexity index is 654. The Labute approximate surface area is 117 Å². The summed E-state index contributed by atoms with van der Waals surface area (Å²) in [4.78, 5) is 8.74. The Morgan fingerprint density at radius 1 is 1.26 bits per heavy atom. The maximum atomic E-state index is 13.5. The molecule has 19 heavy (non-hydrogen) atoms. The van der Waals surface area contributed by atoms with Gasteiger partial charge in [0, 0.05) is 18.2 Å². The summed E-state index contributed by atoms with van der Waals surface area (Å²) >= 11 is 7.29. The Kier molecular flexibility index (Phi) is 3.28. The molecule has 0 saturated heterocycles. The van der Waals surface area contributed by atoms with Crippen LogP contribution in [0.1, 0.15) is 5.69 Å². The highest BCUT2D eigenvalue weighted by atomic mass is 35.5. The van der Waals surface area contributed by atoms with E-state index in [1.807, 2.05) is 0 Å². The first-order valence-corrected chi connectivity index (χ1v) is 6.82. The highest BCUT2D eigenvalue weighted by Gasteiger charge is 2.22. The third kappa shape index (κ3) is 2.50. The lowest BCUT2D eigenvalue weighted by atomic mass is 10.3. The molecule has 1 aromatic carbocycles. The number of rotatable bonds is 2.